The second-order valence-electron chi connectivity index (χ2n) is 4.66. The van der Waals surface area contributed by atoms with Crippen molar-refractivity contribution in [3.63, 3.8) is 0 Å². The molecule has 1 aromatic carbocycles. The second kappa shape index (κ2) is 5.44. The van der Waals surface area contributed by atoms with Gasteiger partial charge in [-0.05, 0) is 30.5 Å². The van der Waals surface area contributed by atoms with Crippen molar-refractivity contribution < 1.29 is 0 Å². The van der Waals surface area contributed by atoms with Gasteiger partial charge in [0.15, 0.2) is 5.96 Å². The lowest BCUT2D eigenvalue weighted by molar-refractivity contribution is 0.702. The standard InChI is InChI=1S/C14H18ClN3/c1-2-9-17-13(16)18-10-14(7-8-14)11-3-5-12(15)6-4-11/h2-6H,1,7-10H2,(H3,16,17,18). The van der Waals surface area contributed by atoms with Crippen LogP contribution < -0.4 is 11.1 Å². The van der Waals surface area contributed by atoms with Crippen LogP contribution in [0.2, 0.25) is 5.02 Å². The van der Waals surface area contributed by atoms with Crippen molar-refractivity contribution in [2.45, 2.75) is 18.3 Å². The van der Waals surface area contributed by atoms with E-state index in [4.69, 9.17) is 17.3 Å². The van der Waals surface area contributed by atoms with Crippen LogP contribution in [0, 0.1) is 0 Å². The molecule has 1 saturated carbocycles. The summed E-state index contributed by atoms with van der Waals surface area (Å²) in [5.74, 6) is 0.482. The van der Waals surface area contributed by atoms with Crippen molar-refractivity contribution in [1.29, 1.82) is 0 Å². The first-order valence-electron chi connectivity index (χ1n) is 6.07. The van der Waals surface area contributed by atoms with Crippen molar-refractivity contribution in [3.05, 3.63) is 47.5 Å². The van der Waals surface area contributed by atoms with Gasteiger partial charge < -0.3 is 11.1 Å². The Morgan fingerprint density at radius 1 is 1.44 bits per heavy atom. The highest BCUT2D eigenvalue weighted by atomic mass is 35.5. The fraction of sp³-hybridized carbons (Fsp3) is 0.357. The fourth-order valence-corrected chi connectivity index (χ4v) is 2.09. The Balaban J connectivity index is 2.00. The van der Waals surface area contributed by atoms with Gasteiger partial charge in [-0.25, -0.2) is 0 Å². The summed E-state index contributed by atoms with van der Waals surface area (Å²) < 4.78 is 0. The summed E-state index contributed by atoms with van der Waals surface area (Å²) in [4.78, 5) is 4.40. The first-order valence-corrected chi connectivity index (χ1v) is 6.45. The monoisotopic (exact) mass is 263 g/mol. The predicted octanol–water partition coefficient (Wildman–Crippen LogP) is 2.46. The molecule has 0 aliphatic heterocycles. The van der Waals surface area contributed by atoms with Gasteiger partial charge in [0.25, 0.3) is 0 Å². The van der Waals surface area contributed by atoms with Gasteiger partial charge in [-0.1, -0.05) is 29.8 Å². The molecule has 0 heterocycles. The maximum Gasteiger partial charge on any atom is 0.188 e. The molecule has 1 aliphatic rings. The Morgan fingerprint density at radius 2 is 2.11 bits per heavy atom. The zero-order valence-electron chi connectivity index (χ0n) is 10.3. The molecule has 0 aromatic heterocycles. The Morgan fingerprint density at radius 3 is 2.67 bits per heavy atom. The van der Waals surface area contributed by atoms with Gasteiger partial charge >= 0.3 is 0 Å². The second-order valence-corrected chi connectivity index (χ2v) is 5.09. The van der Waals surface area contributed by atoms with E-state index >= 15 is 0 Å². The molecule has 1 aliphatic carbocycles. The van der Waals surface area contributed by atoms with E-state index in [2.05, 4.69) is 29.0 Å². The largest absolute Gasteiger partial charge is 0.370 e. The Kier molecular flexibility index (Phi) is 3.92. The van der Waals surface area contributed by atoms with Gasteiger partial charge in [0.1, 0.15) is 0 Å². The highest BCUT2D eigenvalue weighted by Gasteiger charge is 2.43. The number of guanidine groups is 1. The van der Waals surface area contributed by atoms with Gasteiger partial charge in [0.2, 0.25) is 0 Å². The summed E-state index contributed by atoms with van der Waals surface area (Å²) in [6.07, 6.45) is 4.08. The van der Waals surface area contributed by atoms with Crippen LogP contribution >= 0.6 is 11.6 Å². The molecule has 0 bridgehead atoms. The lowest BCUT2D eigenvalue weighted by Crippen LogP contribution is -2.32. The van der Waals surface area contributed by atoms with Crippen LogP contribution in [-0.2, 0) is 5.41 Å². The topological polar surface area (TPSA) is 50.4 Å². The maximum atomic E-state index is 5.90. The van der Waals surface area contributed by atoms with Crippen LogP contribution in [0.5, 0.6) is 0 Å². The third-order valence-electron chi connectivity index (χ3n) is 3.29. The highest BCUT2D eigenvalue weighted by molar-refractivity contribution is 6.30. The summed E-state index contributed by atoms with van der Waals surface area (Å²) in [6, 6.07) is 8.02. The minimum Gasteiger partial charge on any atom is -0.370 e. The van der Waals surface area contributed by atoms with Crippen molar-refractivity contribution in [2.75, 3.05) is 13.1 Å². The molecule has 0 amide bonds. The van der Waals surface area contributed by atoms with E-state index in [1.165, 1.54) is 5.56 Å². The van der Waals surface area contributed by atoms with Gasteiger partial charge in [0, 0.05) is 17.0 Å². The molecule has 0 radical (unpaired) electrons. The van der Waals surface area contributed by atoms with E-state index in [1.54, 1.807) is 6.08 Å². The van der Waals surface area contributed by atoms with Crippen molar-refractivity contribution in [1.82, 2.24) is 5.32 Å². The molecular weight excluding hydrogens is 246 g/mol. The van der Waals surface area contributed by atoms with Gasteiger partial charge in [-0.2, -0.15) is 0 Å². The van der Waals surface area contributed by atoms with Crippen LogP contribution in [0.4, 0.5) is 0 Å². The van der Waals surface area contributed by atoms with E-state index in [1.807, 2.05) is 12.1 Å². The Bertz CT molecular complexity index is 447. The molecule has 0 atom stereocenters. The first kappa shape index (κ1) is 13.0. The number of rotatable bonds is 5. The zero-order valence-corrected chi connectivity index (χ0v) is 11.1. The molecule has 3 nitrogen and oxygen atoms in total. The number of nitrogens with one attached hydrogen (secondary N) is 1. The summed E-state index contributed by atoms with van der Waals surface area (Å²) in [7, 11) is 0. The summed E-state index contributed by atoms with van der Waals surface area (Å²) in [5.41, 5.74) is 7.24. The fourth-order valence-electron chi connectivity index (χ4n) is 1.96. The molecule has 96 valence electrons. The molecule has 0 unspecified atom stereocenters. The lowest BCUT2D eigenvalue weighted by atomic mass is 9.96. The SMILES string of the molecule is C=CCNC(N)=NCC1(c2ccc(Cl)cc2)CC1. The number of nitrogens with zero attached hydrogens (tertiary/aromatic N) is 1. The zero-order chi connectivity index (χ0) is 13.0. The van der Waals surface area contributed by atoms with E-state index in [0.717, 1.165) is 24.4 Å². The van der Waals surface area contributed by atoms with E-state index in [0.29, 0.717) is 12.5 Å². The number of hydrogen-bond acceptors (Lipinski definition) is 1. The lowest BCUT2D eigenvalue weighted by Gasteiger charge is -2.13. The number of benzene rings is 1. The van der Waals surface area contributed by atoms with Crippen molar-refractivity contribution in [3.8, 4) is 0 Å². The summed E-state index contributed by atoms with van der Waals surface area (Å²) in [5, 5.41) is 3.75. The highest BCUT2D eigenvalue weighted by Crippen LogP contribution is 2.48. The Labute approximate surface area is 113 Å². The molecule has 4 heteroatoms. The van der Waals surface area contributed by atoms with Gasteiger partial charge in [0.05, 0.1) is 6.54 Å². The van der Waals surface area contributed by atoms with E-state index in [9.17, 15) is 0 Å². The number of nitrogens with two attached hydrogens (primary N) is 1. The summed E-state index contributed by atoms with van der Waals surface area (Å²) >= 11 is 5.90. The van der Waals surface area contributed by atoms with Crippen LogP contribution in [0.1, 0.15) is 18.4 Å². The van der Waals surface area contributed by atoms with Crippen LogP contribution in [0.3, 0.4) is 0 Å². The smallest absolute Gasteiger partial charge is 0.188 e. The number of hydrogen-bond donors (Lipinski definition) is 2. The molecule has 1 aromatic rings. The van der Waals surface area contributed by atoms with Crippen LogP contribution in [0.15, 0.2) is 41.9 Å². The molecule has 0 spiro atoms. The average Bonchev–Trinajstić information content (AvgIpc) is 3.16. The molecular formula is C14H18ClN3. The Hall–Kier alpha value is -1.48. The minimum absolute atomic E-state index is 0.172. The molecule has 18 heavy (non-hydrogen) atoms. The predicted molar refractivity (Wildman–Crippen MR) is 77.1 cm³/mol. The van der Waals surface area contributed by atoms with E-state index < -0.39 is 0 Å². The number of aliphatic imine (C=N–C) groups is 1. The van der Waals surface area contributed by atoms with Crippen LogP contribution in [0.25, 0.3) is 0 Å². The van der Waals surface area contributed by atoms with Crippen molar-refractivity contribution >= 4 is 17.6 Å². The molecule has 3 N–H and O–H groups in total. The van der Waals surface area contributed by atoms with Gasteiger partial charge in [-0.3, -0.25) is 4.99 Å². The van der Waals surface area contributed by atoms with Crippen LogP contribution in [-0.4, -0.2) is 19.0 Å². The van der Waals surface area contributed by atoms with Crippen molar-refractivity contribution in [2.24, 2.45) is 10.7 Å². The quantitative estimate of drug-likeness (QED) is 0.487. The number of halogens is 1. The molecule has 1 fully saturated rings. The minimum atomic E-state index is 0.172. The average molecular weight is 264 g/mol. The third kappa shape index (κ3) is 3.05. The molecule has 2 rings (SSSR count). The third-order valence-corrected chi connectivity index (χ3v) is 3.54. The van der Waals surface area contributed by atoms with Gasteiger partial charge in [-0.15, -0.1) is 6.58 Å². The van der Waals surface area contributed by atoms with E-state index in [-0.39, 0.29) is 5.41 Å². The maximum absolute atomic E-state index is 5.90. The normalized spacial score (nSPS) is 17.3. The molecule has 0 saturated heterocycles. The summed E-state index contributed by atoms with van der Waals surface area (Å²) in [6.45, 7) is 4.99. The first-order chi connectivity index (χ1) is 8.66.